The lowest BCUT2D eigenvalue weighted by Crippen LogP contribution is -2.00. The number of benzene rings is 2. The van der Waals surface area contributed by atoms with Crippen LogP contribution in [0, 0.1) is 17.1 Å². The molecule has 140 valence electrons. The maximum absolute atomic E-state index is 13.4. The SMILES string of the molecule is N#C/C(=C\c1cn(-c2ccccc2)nc1-c1ccc(F)cc1)C(=O)c1ccco1. The number of nitriles is 1. The molecule has 2 heterocycles. The summed E-state index contributed by atoms with van der Waals surface area (Å²) in [6.07, 6.45) is 4.57. The van der Waals surface area contributed by atoms with Gasteiger partial charge in [0.2, 0.25) is 5.78 Å². The molecular formula is C23H14FN3O2. The van der Waals surface area contributed by atoms with E-state index in [-0.39, 0.29) is 17.2 Å². The zero-order valence-corrected chi connectivity index (χ0v) is 15.1. The summed E-state index contributed by atoms with van der Waals surface area (Å²) in [5.74, 6) is -0.800. The molecule has 0 aliphatic rings. The van der Waals surface area contributed by atoms with Crippen LogP contribution in [-0.2, 0) is 0 Å². The Morgan fingerprint density at radius 2 is 1.83 bits per heavy atom. The van der Waals surface area contributed by atoms with E-state index in [2.05, 4.69) is 5.10 Å². The molecule has 0 spiro atoms. The van der Waals surface area contributed by atoms with Gasteiger partial charge in [-0.25, -0.2) is 9.07 Å². The number of allylic oxidation sites excluding steroid dienone is 1. The summed E-state index contributed by atoms with van der Waals surface area (Å²) in [5.41, 5.74) is 2.46. The van der Waals surface area contributed by atoms with E-state index in [9.17, 15) is 14.4 Å². The second-order valence-electron chi connectivity index (χ2n) is 6.20. The first-order valence-electron chi connectivity index (χ1n) is 8.77. The molecule has 0 bridgehead atoms. The van der Waals surface area contributed by atoms with Crippen LogP contribution < -0.4 is 0 Å². The summed E-state index contributed by atoms with van der Waals surface area (Å²) in [6.45, 7) is 0. The molecule has 0 amide bonds. The molecule has 5 nitrogen and oxygen atoms in total. The fraction of sp³-hybridized carbons (Fsp3) is 0. The normalized spacial score (nSPS) is 11.2. The summed E-state index contributed by atoms with van der Waals surface area (Å²) in [6, 6.07) is 20.3. The molecule has 4 aromatic rings. The quantitative estimate of drug-likeness (QED) is 0.274. The minimum Gasteiger partial charge on any atom is -0.461 e. The van der Waals surface area contributed by atoms with Gasteiger partial charge in [0, 0.05) is 17.3 Å². The number of carbonyl (C=O) groups excluding carboxylic acids is 1. The zero-order chi connectivity index (χ0) is 20.2. The lowest BCUT2D eigenvalue weighted by molar-refractivity contribution is 0.101. The van der Waals surface area contributed by atoms with E-state index in [1.165, 1.54) is 30.5 Å². The van der Waals surface area contributed by atoms with Crippen molar-refractivity contribution in [3.63, 3.8) is 0 Å². The van der Waals surface area contributed by atoms with Crippen molar-refractivity contribution in [2.75, 3.05) is 0 Å². The van der Waals surface area contributed by atoms with Crippen LogP contribution >= 0.6 is 0 Å². The highest BCUT2D eigenvalue weighted by Gasteiger charge is 2.18. The summed E-state index contributed by atoms with van der Waals surface area (Å²) >= 11 is 0. The van der Waals surface area contributed by atoms with Crippen LogP contribution in [0.4, 0.5) is 4.39 Å². The van der Waals surface area contributed by atoms with Gasteiger partial charge in [0.15, 0.2) is 5.76 Å². The van der Waals surface area contributed by atoms with Gasteiger partial charge in [0.25, 0.3) is 0 Å². The average Bonchev–Trinajstić information content (AvgIpc) is 3.43. The minimum atomic E-state index is -0.519. The van der Waals surface area contributed by atoms with Crippen molar-refractivity contribution in [3.05, 3.63) is 102 Å². The predicted molar refractivity (Wildman–Crippen MR) is 106 cm³/mol. The number of carbonyl (C=O) groups is 1. The van der Waals surface area contributed by atoms with Gasteiger partial charge in [-0.2, -0.15) is 10.4 Å². The monoisotopic (exact) mass is 383 g/mol. The number of halogens is 1. The third-order valence-electron chi connectivity index (χ3n) is 4.29. The summed E-state index contributed by atoms with van der Waals surface area (Å²) in [7, 11) is 0. The lowest BCUT2D eigenvalue weighted by atomic mass is 10.0. The van der Waals surface area contributed by atoms with Gasteiger partial charge in [-0.15, -0.1) is 0 Å². The van der Waals surface area contributed by atoms with Crippen molar-refractivity contribution in [1.29, 1.82) is 5.26 Å². The van der Waals surface area contributed by atoms with Crippen LogP contribution in [0.5, 0.6) is 0 Å². The Morgan fingerprint density at radius 1 is 1.07 bits per heavy atom. The number of rotatable bonds is 5. The van der Waals surface area contributed by atoms with Crippen LogP contribution in [0.3, 0.4) is 0 Å². The van der Waals surface area contributed by atoms with Crippen LogP contribution in [0.15, 0.2) is 89.2 Å². The smallest absolute Gasteiger partial charge is 0.238 e. The predicted octanol–water partition coefficient (Wildman–Crippen LogP) is 5.06. The molecule has 0 saturated carbocycles. The molecule has 0 radical (unpaired) electrons. The molecule has 29 heavy (non-hydrogen) atoms. The van der Waals surface area contributed by atoms with Crippen molar-refractivity contribution in [3.8, 4) is 23.0 Å². The first kappa shape index (κ1) is 18.1. The van der Waals surface area contributed by atoms with Gasteiger partial charge in [-0.1, -0.05) is 18.2 Å². The molecule has 6 heteroatoms. The molecule has 0 aliphatic heterocycles. The van der Waals surface area contributed by atoms with Crippen molar-refractivity contribution in [2.45, 2.75) is 0 Å². The standard InChI is InChI=1S/C23H14FN3O2/c24-19-10-8-16(9-11-19)22-18(15-27(26-22)20-5-2-1-3-6-20)13-17(14-25)23(28)21-7-4-12-29-21/h1-13,15H/b17-13+. The molecule has 0 aliphatic carbocycles. The second kappa shape index (κ2) is 7.79. The number of para-hydroxylation sites is 1. The summed E-state index contributed by atoms with van der Waals surface area (Å²) in [5, 5.41) is 14.1. The first-order valence-corrected chi connectivity index (χ1v) is 8.77. The molecular weight excluding hydrogens is 369 g/mol. The van der Waals surface area contributed by atoms with E-state index in [1.54, 1.807) is 29.1 Å². The van der Waals surface area contributed by atoms with Crippen molar-refractivity contribution < 1.29 is 13.6 Å². The molecule has 0 saturated heterocycles. The van der Waals surface area contributed by atoms with Crippen molar-refractivity contribution in [1.82, 2.24) is 9.78 Å². The van der Waals surface area contributed by atoms with Gasteiger partial charge < -0.3 is 4.42 Å². The molecule has 0 N–H and O–H groups in total. The Kier molecular flexibility index (Phi) is 4.87. The van der Waals surface area contributed by atoms with Gasteiger partial charge in [0.1, 0.15) is 17.5 Å². The van der Waals surface area contributed by atoms with Gasteiger partial charge in [0.05, 0.1) is 17.6 Å². The fourth-order valence-corrected chi connectivity index (χ4v) is 2.88. The molecule has 4 rings (SSSR count). The van der Waals surface area contributed by atoms with Crippen LogP contribution in [0.1, 0.15) is 16.1 Å². The largest absolute Gasteiger partial charge is 0.461 e. The summed E-state index contributed by atoms with van der Waals surface area (Å²) in [4.78, 5) is 12.5. The Morgan fingerprint density at radius 3 is 2.48 bits per heavy atom. The third-order valence-corrected chi connectivity index (χ3v) is 4.29. The Bertz CT molecular complexity index is 1220. The van der Waals surface area contributed by atoms with Crippen molar-refractivity contribution >= 4 is 11.9 Å². The highest BCUT2D eigenvalue weighted by atomic mass is 19.1. The number of hydrogen-bond acceptors (Lipinski definition) is 4. The van der Waals surface area contributed by atoms with Crippen molar-refractivity contribution in [2.24, 2.45) is 0 Å². The summed E-state index contributed by atoms with van der Waals surface area (Å²) < 4.78 is 20.1. The number of Topliss-reactive ketones (excluding diaryl/α,β-unsaturated/α-hetero) is 1. The Balaban J connectivity index is 1.84. The van der Waals surface area contributed by atoms with E-state index in [0.717, 1.165) is 5.69 Å². The third kappa shape index (κ3) is 3.75. The number of ketones is 1. The van der Waals surface area contributed by atoms with Crippen LogP contribution in [-0.4, -0.2) is 15.6 Å². The van der Waals surface area contributed by atoms with Gasteiger partial charge in [-0.05, 0) is 54.6 Å². The number of aromatic nitrogens is 2. The highest BCUT2D eigenvalue weighted by Crippen LogP contribution is 2.26. The molecule has 2 aromatic heterocycles. The van der Waals surface area contributed by atoms with Gasteiger partial charge in [-0.3, -0.25) is 4.79 Å². The Hall–Kier alpha value is -4.24. The second-order valence-corrected chi connectivity index (χ2v) is 6.20. The topological polar surface area (TPSA) is 71.8 Å². The maximum Gasteiger partial charge on any atom is 0.238 e. The van der Waals surface area contributed by atoms with E-state index in [4.69, 9.17) is 4.42 Å². The van der Waals surface area contributed by atoms with E-state index in [0.29, 0.717) is 16.8 Å². The average molecular weight is 383 g/mol. The molecule has 0 fully saturated rings. The Labute approximate surface area is 165 Å². The minimum absolute atomic E-state index is 0.0802. The number of hydrogen-bond donors (Lipinski definition) is 0. The van der Waals surface area contributed by atoms with E-state index in [1.807, 2.05) is 36.4 Å². The van der Waals surface area contributed by atoms with Crippen LogP contribution in [0.2, 0.25) is 0 Å². The first-order chi connectivity index (χ1) is 14.2. The number of nitrogens with zero attached hydrogens (tertiary/aromatic N) is 3. The number of furan rings is 1. The molecule has 2 aromatic carbocycles. The van der Waals surface area contributed by atoms with E-state index >= 15 is 0 Å². The van der Waals surface area contributed by atoms with Crippen LogP contribution in [0.25, 0.3) is 23.0 Å². The maximum atomic E-state index is 13.4. The lowest BCUT2D eigenvalue weighted by Gasteiger charge is -2.01. The van der Waals surface area contributed by atoms with Gasteiger partial charge >= 0.3 is 0 Å². The fourth-order valence-electron chi connectivity index (χ4n) is 2.88. The molecule has 0 unspecified atom stereocenters. The van der Waals surface area contributed by atoms with E-state index < -0.39 is 5.78 Å². The highest BCUT2D eigenvalue weighted by molar-refractivity contribution is 6.12. The zero-order valence-electron chi connectivity index (χ0n) is 15.1. The molecule has 0 atom stereocenters.